The van der Waals surface area contributed by atoms with E-state index in [-0.39, 0.29) is 0 Å². The van der Waals surface area contributed by atoms with Gasteiger partial charge in [-0.15, -0.1) is 11.8 Å². The van der Waals surface area contributed by atoms with Crippen LogP contribution in [0.25, 0.3) is 0 Å². The lowest BCUT2D eigenvalue weighted by atomic mass is 10.1. The third-order valence-corrected chi connectivity index (χ3v) is 3.05. The average Bonchev–Trinajstić information content (AvgIpc) is 2.31. The van der Waals surface area contributed by atoms with Crippen LogP contribution in [-0.4, -0.2) is 24.1 Å². The molecule has 1 aromatic carbocycles. The van der Waals surface area contributed by atoms with E-state index < -0.39 is 11.8 Å². The molecule has 5 heteroatoms. The monoisotopic (exact) mass is 252 g/mol. The van der Waals surface area contributed by atoms with E-state index in [1.165, 1.54) is 4.90 Å². The number of nitrogens with one attached hydrogen (secondary N) is 1. The summed E-state index contributed by atoms with van der Waals surface area (Å²) in [5, 5.41) is 2.45. The van der Waals surface area contributed by atoms with Gasteiger partial charge in [-0.1, -0.05) is 19.1 Å². The Labute approximate surface area is 105 Å². The molecule has 17 heavy (non-hydrogen) atoms. The van der Waals surface area contributed by atoms with Gasteiger partial charge in [-0.05, 0) is 29.9 Å². The fraction of sp³-hybridized carbons (Fsp3) is 0.333. The van der Waals surface area contributed by atoms with Crippen molar-refractivity contribution >= 4 is 23.6 Å². The maximum atomic E-state index is 10.9. The van der Waals surface area contributed by atoms with Crippen molar-refractivity contribution in [2.75, 3.05) is 12.3 Å². The summed E-state index contributed by atoms with van der Waals surface area (Å²) >= 11 is 1.79. The highest BCUT2D eigenvalue weighted by Crippen LogP contribution is 2.17. The number of benzene rings is 1. The van der Waals surface area contributed by atoms with Crippen LogP contribution >= 0.6 is 11.8 Å². The van der Waals surface area contributed by atoms with E-state index in [1.807, 2.05) is 12.1 Å². The second-order valence-electron chi connectivity index (χ2n) is 3.45. The zero-order chi connectivity index (χ0) is 12.7. The van der Waals surface area contributed by atoms with E-state index in [9.17, 15) is 9.59 Å². The van der Waals surface area contributed by atoms with Gasteiger partial charge < -0.3 is 11.1 Å². The van der Waals surface area contributed by atoms with Crippen molar-refractivity contribution in [2.24, 2.45) is 5.73 Å². The number of hydrogen-bond acceptors (Lipinski definition) is 3. The molecular formula is C12H16N2O2S. The van der Waals surface area contributed by atoms with E-state index in [0.29, 0.717) is 13.0 Å². The maximum absolute atomic E-state index is 10.9. The normalized spacial score (nSPS) is 9.94. The van der Waals surface area contributed by atoms with Crippen molar-refractivity contribution in [1.82, 2.24) is 5.32 Å². The number of thioether (sulfide) groups is 1. The number of nitrogens with two attached hydrogens (primary N) is 1. The lowest BCUT2D eigenvalue weighted by Gasteiger charge is -2.04. The molecule has 3 N–H and O–H groups in total. The van der Waals surface area contributed by atoms with Crippen LogP contribution in [0.2, 0.25) is 0 Å². The summed E-state index contributed by atoms with van der Waals surface area (Å²) in [6.07, 6.45) is 0.691. The Balaban J connectivity index is 2.37. The molecule has 0 bridgehead atoms. The fourth-order valence-corrected chi connectivity index (χ4v) is 1.99. The van der Waals surface area contributed by atoms with Crippen LogP contribution in [0.3, 0.4) is 0 Å². The minimum atomic E-state index is -0.945. The molecule has 1 rings (SSSR count). The first kappa shape index (κ1) is 13.6. The third kappa shape index (κ3) is 4.91. The highest BCUT2D eigenvalue weighted by molar-refractivity contribution is 7.99. The second-order valence-corrected chi connectivity index (χ2v) is 4.78. The molecule has 0 saturated heterocycles. The van der Waals surface area contributed by atoms with Crippen LogP contribution in [0.1, 0.15) is 12.5 Å². The number of carbonyl (C=O) groups excluding carboxylic acids is 2. The molecule has 0 radical (unpaired) electrons. The topological polar surface area (TPSA) is 72.2 Å². The van der Waals surface area contributed by atoms with Gasteiger partial charge in [-0.3, -0.25) is 9.59 Å². The van der Waals surface area contributed by atoms with E-state index in [1.54, 1.807) is 11.8 Å². The average molecular weight is 252 g/mol. The lowest BCUT2D eigenvalue weighted by Crippen LogP contribution is -2.37. The highest BCUT2D eigenvalue weighted by Gasteiger charge is 2.06. The fourth-order valence-electron chi connectivity index (χ4n) is 1.33. The van der Waals surface area contributed by atoms with Crippen LogP contribution in [-0.2, 0) is 16.0 Å². The summed E-state index contributed by atoms with van der Waals surface area (Å²) in [6, 6.07) is 8.15. The smallest absolute Gasteiger partial charge is 0.309 e. The van der Waals surface area contributed by atoms with Gasteiger partial charge in [0, 0.05) is 11.4 Å². The molecule has 0 heterocycles. The molecule has 0 fully saturated rings. The summed E-state index contributed by atoms with van der Waals surface area (Å²) in [5.74, 6) is -0.628. The summed E-state index contributed by atoms with van der Waals surface area (Å²) in [4.78, 5) is 22.6. The van der Waals surface area contributed by atoms with Crippen LogP contribution in [0.4, 0.5) is 0 Å². The van der Waals surface area contributed by atoms with Gasteiger partial charge in [0.05, 0.1) is 0 Å². The van der Waals surface area contributed by atoms with Gasteiger partial charge in [0.2, 0.25) is 0 Å². The highest BCUT2D eigenvalue weighted by atomic mass is 32.2. The number of rotatable bonds is 5. The first-order chi connectivity index (χ1) is 8.13. The first-order valence-electron chi connectivity index (χ1n) is 5.43. The van der Waals surface area contributed by atoms with E-state index in [0.717, 1.165) is 11.3 Å². The third-order valence-electron chi connectivity index (χ3n) is 2.16. The van der Waals surface area contributed by atoms with Gasteiger partial charge in [0.1, 0.15) is 0 Å². The van der Waals surface area contributed by atoms with Crippen LogP contribution in [0, 0.1) is 0 Å². The Bertz CT molecular complexity index is 390. The Morgan fingerprint density at radius 1 is 1.29 bits per heavy atom. The van der Waals surface area contributed by atoms with Crippen molar-refractivity contribution < 1.29 is 9.59 Å². The van der Waals surface area contributed by atoms with Gasteiger partial charge in [0.25, 0.3) is 0 Å². The molecule has 0 aromatic heterocycles. The van der Waals surface area contributed by atoms with Crippen molar-refractivity contribution in [1.29, 1.82) is 0 Å². The maximum Gasteiger partial charge on any atom is 0.309 e. The number of amides is 2. The molecule has 0 aliphatic carbocycles. The molecule has 4 nitrogen and oxygen atoms in total. The zero-order valence-corrected chi connectivity index (χ0v) is 10.5. The Morgan fingerprint density at radius 3 is 2.47 bits per heavy atom. The van der Waals surface area contributed by atoms with E-state index >= 15 is 0 Å². The van der Waals surface area contributed by atoms with E-state index in [2.05, 4.69) is 24.4 Å². The number of primary amides is 1. The summed E-state index contributed by atoms with van der Waals surface area (Å²) in [7, 11) is 0. The SMILES string of the molecule is CCSc1ccc(CCNC(=O)C(N)=O)cc1. The van der Waals surface area contributed by atoms with Crippen LogP contribution < -0.4 is 11.1 Å². The Kier molecular flexibility index (Phi) is 5.56. The Hall–Kier alpha value is -1.49. The van der Waals surface area contributed by atoms with Crippen LogP contribution in [0.5, 0.6) is 0 Å². The van der Waals surface area contributed by atoms with Crippen molar-refractivity contribution in [3.8, 4) is 0 Å². The molecule has 0 spiro atoms. The molecule has 0 atom stereocenters. The Morgan fingerprint density at radius 2 is 1.94 bits per heavy atom. The zero-order valence-electron chi connectivity index (χ0n) is 9.73. The quantitative estimate of drug-likeness (QED) is 0.605. The van der Waals surface area contributed by atoms with Crippen molar-refractivity contribution in [3.05, 3.63) is 29.8 Å². The predicted octanol–water partition coefficient (Wildman–Crippen LogP) is 0.943. The summed E-state index contributed by atoms with van der Waals surface area (Å²) < 4.78 is 0. The molecule has 2 amide bonds. The van der Waals surface area contributed by atoms with Gasteiger partial charge in [-0.25, -0.2) is 0 Å². The number of hydrogen-bond donors (Lipinski definition) is 2. The molecule has 92 valence electrons. The summed E-state index contributed by atoms with van der Waals surface area (Å²) in [5.41, 5.74) is 5.94. The predicted molar refractivity (Wildman–Crippen MR) is 68.7 cm³/mol. The van der Waals surface area contributed by atoms with Crippen LogP contribution in [0.15, 0.2) is 29.2 Å². The first-order valence-corrected chi connectivity index (χ1v) is 6.41. The largest absolute Gasteiger partial charge is 0.361 e. The molecule has 0 saturated carbocycles. The standard InChI is InChI=1S/C12H16N2O2S/c1-2-17-10-5-3-9(4-6-10)7-8-14-12(16)11(13)15/h3-6H,2,7-8H2,1H3,(H2,13,15)(H,14,16). The molecular weight excluding hydrogens is 236 g/mol. The lowest BCUT2D eigenvalue weighted by molar-refractivity contribution is -0.137. The van der Waals surface area contributed by atoms with Crippen molar-refractivity contribution in [2.45, 2.75) is 18.2 Å². The summed E-state index contributed by atoms with van der Waals surface area (Å²) in [6.45, 7) is 2.53. The van der Waals surface area contributed by atoms with E-state index in [4.69, 9.17) is 5.73 Å². The molecule has 0 aliphatic heterocycles. The number of carbonyl (C=O) groups is 2. The van der Waals surface area contributed by atoms with Gasteiger partial charge >= 0.3 is 11.8 Å². The minimum absolute atomic E-state index is 0.419. The minimum Gasteiger partial charge on any atom is -0.361 e. The molecule has 0 aliphatic rings. The van der Waals surface area contributed by atoms with Gasteiger partial charge in [-0.2, -0.15) is 0 Å². The molecule has 0 unspecified atom stereocenters. The van der Waals surface area contributed by atoms with Gasteiger partial charge in [0.15, 0.2) is 0 Å². The van der Waals surface area contributed by atoms with Crippen molar-refractivity contribution in [3.63, 3.8) is 0 Å². The molecule has 1 aromatic rings. The second kappa shape index (κ2) is 6.96.